The molecule has 2 heterocycles. The van der Waals surface area contributed by atoms with Gasteiger partial charge >= 0.3 is 5.69 Å². The zero-order chi connectivity index (χ0) is 15.4. The molecule has 1 N–H and O–H groups in total. The fourth-order valence-electron chi connectivity index (χ4n) is 1.65. The summed E-state index contributed by atoms with van der Waals surface area (Å²) in [6, 6.07) is 0. The number of aryl methyl sites for hydroxylation is 1. The Morgan fingerprint density at radius 2 is 2.29 bits per heavy atom. The van der Waals surface area contributed by atoms with Gasteiger partial charge in [0.1, 0.15) is 12.9 Å². The molecule has 0 radical (unpaired) electrons. The Hall–Kier alpha value is -2.75. The van der Waals surface area contributed by atoms with E-state index in [1.165, 1.54) is 28.8 Å². The van der Waals surface area contributed by atoms with Gasteiger partial charge in [0.25, 0.3) is 5.91 Å². The zero-order valence-electron chi connectivity index (χ0n) is 11.5. The quantitative estimate of drug-likeness (QED) is 0.621. The Balaban J connectivity index is 2.11. The van der Waals surface area contributed by atoms with Crippen LogP contribution in [0.5, 0.6) is 0 Å². The molecular formula is C11H14N6O4. The average molecular weight is 294 g/mol. The van der Waals surface area contributed by atoms with Gasteiger partial charge in [0.15, 0.2) is 0 Å². The summed E-state index contributed by atoms with van der Waals surface area (Å²) in [7, 11) is 1.50. The molecule has 2 aromatic heterocycles. The Bertz CT molecular complexity index is 661. The predicted octanol–water partition coefficient (Wildman–Crippen LogP) is 0.771. The minimum absolute atomic E-state index is 0.250. The second-order valence-corrected chi connectivity index (χ2v) is 4.14. The Labute approximate surface area is 119 Å². The van der Waals surface area contributed by atoms with Crippen LogP contribution in [-0.4, -0.2) is 37.0 Å². The van der Waals surface area contributed by atoms with Crippen LogP contribution < -0.4 is 5.32 Å². The van der Waals surface area contributed by atoms with E-state index in [9.17, 15) is 14.9 Å². The first-order valence-electron chi connectivity index (χ1n) is 6.11. The van der Waals surface area contributed by atoms with Crippen LogP contribution in [0.4, 0.5) is 11.4 Å². The molecule has 0 aliphatic rings. The van der Waals surface area contributed by atoms with E-state index in [4.69, 9.17) is 4.74 Å². The van der Waals surface area contributed by atoms with Gasteiger partial charge in [-0.05, 0) is 6.92 Å². The third-order valence-electron chi connectivity index (χ3n) is 2.54. The number of nitrogens with zero attached hydrogens (tertiary/aromatic N) is 5. The number of rotatable bonds is 6. The summed E-state index contributed by atoms with van der Waals surface area (Å²) in [5.74, 6) is -0.668. The van der Waals surface area contributed by atoms with Gasteiger partial charge in [-0.25, -0.2) is 4.68 Å². The lowest BCUT2D eigenvalue weighted by Gasteiger charge is -2.00. The van der Waals surface area contributed by atoms with Crippen molar-refractivity contribution in [2.24, 2.45) is 7.05 Å². The third-order valence-corrected chi connectivity index (χ3v) is 2.54. The van der Waals surface area contributed by atoms with Crippen LogP contribution in [0.3, 0.4) is 0 Å². The second kappa shape index (κ2) is 6.13. The van der Waals surface area contributed by atoms with E-state index < -0.39 is 10.8 Å². The lowest BCUT2D eigenvalue weighted by atomic mass is 10.3. The van der Waals surface area contributed by atoms with Crippen molar-refractivity contribution in [1.29, 1.82) is 0 Å². The normalized spacial score (nSPS) is 10.6. The number of carbonyl (C=O) groups excluding carboxylic acids is 1. The second-order valence-electron chi connectivity index (χ2n) is 4.14. The van der Waals surface area contributed by atoms with E-state index in [-0.39, 0.29) is 18.1 Å². The zero-order valence-corrected chi connectivity index (χ0v) is 11.5. The summed E-state index contributed by atoms with van der Waals surface area (Å²) >= 11 is 0. The topological polar surface area (TPSA) is 117 Å². The third kappa shape index (κ3) is 3.42. The summed E-state index contributed by atoms with van der Waals surface area (Å²) in [6.07, 6.45) is 4.15. The number of nitrogens with one attached hydrogen (secondary N) is 1. The average Bonchev–Trinajstić information content (AvgIpc) is 3.03. The standard InChI is InChI=1S/C11H14N6O4/c1-3-21-7-16-5-8(4-12-16)13-11(18)10-9(17(19)20)6-15(2)14-10/h4-6H,3,7H2,1-2H3,(H,13,18). The van der Waals surface area contributed by atoms with Crippen LogP contribution in [0.25, 0.3) is 0 Å². The summed E-state index contributed by atoms with van der Waals surface area (Å²) in [6.45, 7) is 2.66. The van der Waals surface area contributed by atoms with E-state index in [1.807, 2.05) is 6.92 Å². The molecule has 0 bridgehead atoms. The number of nitro groups is 1. The fourth-order valence-corrected chi connectivity index (χ4v) is 1.65. The molecule has 10 nitrogen and oxygen atoms in total. The number of amides is 1. The van der Waals surface area contributed by atoms with Gasteiger partial charge in [0.05, 0.1) is 23.0 Å². The Morgan fingerprint density at radius 3 is 2.95 bits per heavy atom. The molecule has 0 aliphatic carbocycles. The molecule has 112 valence electrons. The smallest absolute Gasteiger partial charge is 0.320 e. The molecule has 2 rings (SSSR count). The van der Waals surface area contributed by atoms with E-state index >= 15 is 0 Å². The van der Waals surface area contributed by atoms with Crippen LogP contribution in [0.2, 0.25) is 0 Å². The van der Waals surface area contributed by atoms with Crippen molar-refractivity contribution in [2.75, 3.05) is 11.9 Å². The van der Waals surface area contributed by atoms with Crippen molar-refractivity contribution in [1.82, 2.24) is 19.6 Å². The lowest BCUT2D eigenvalue weighted by Crippen LogP contribution is -2.14. The highest BCUT2D eigenvalue weighted by atomic mass is 16.6. The monoisotopic (exact) mass is 294 g/mol. The fraction of sp³-hybridized carbons (Fsp3) is 0.364. The maximum Gasteiger partial charge on any atom is 0.320 e. The predicted molar refractivity (Wildman–Crippen MR) is 71.7 cm³/mol. The SMILES string of the molecule is CCOCn1cc(NC(=O)c2nn(C)cc2[N+](=O)[O-])cn1. The Kier molecular flexibility index (Phi) is 4.28. The van der Waals surface area contributed by atoms with Crippen LogP contribution in [0, 0.1) is 10.1 Å². The van der Waals surface area contributed by atoms with Crippen molar-refractivity contribution in [3.8, 4) is 0 Å². The van der Waals surface area contributed by atoms with E-state index in [0.717, 1.165) is 0 Å². The first-order chi connectivity index (χ1) is 10.0. The summed E-state index contributed by atoms with van der Waals surface area (Å²) in [4.78, 5) is 22.2. The van der Waals surface area contributed by atoms with Crippen molar-refractivity contribution >= 4 is 17.3 Å². The van der Waals surface area contributed by atoms with Gasteiger partial charge in [-0.1, -0.05) is 0 Å². The number of anilines is 1. The highest BCUT2D eigenvalue weighted by Gasteiger charge is 2.25. The van der Waals surface area contributed by atoms with E-state index in [1.54, 1.807) is 6.20 Å². The first-order valence-corrected chi connectivity index (χ1v) is 6.11. The first kappa shape index (κ1) is 14.7. The summed E-state index contributed by atoms with van der Waals surface area (Å²) < 4.78 is 7.87. The molecule has 2 aromatic rings. The van der Waals surface area contributed by atoms with Gasteiger partial charge < -0.3 is 10.1 Å². The highest BCUT2D eigenvalue weighted by Crippen LogP contribution is 2.17. The molecule has 10 heteroatoms. The molecule has 0 aliphatic heterocycles. The lowest BCUT2D eigenvalue weighted by molar-refractivity contribution is -0.385. The molecule has 0 spiro atoms. The van der Waals surface area contributed by atoms with Gasteiger partial charge in [-0.3, -0.25) is 19.6 Å². The van der Waals surface area contributed by atoms with Crippen LogP contribution in [0.15, 0.2) is 18.6 Å². The molecule has 0 saturated carbocycles. The number of carbonyl (C=O) groups is 1. The van der Waals surface area contributed by atoms with Gasteiger partial charge in [0, 0.05) is 13.7 Å². The molecular weight excluding hydrogens is 280 g/mol. The van der Waals surface area contributed by atoms with Gasteiger partial charge in [0.2, 0.25) is 5.69 Å². The van der Waals surface area contributed by atoms with Crippen molar-refractivity contribution in [2.45, 2.75) is 13.7 Å². The summed E-state index contributed by atoms with van der Waals surface area (Å²) in [5, 5.41) is 21.1. The van der Waals surface area contributed by atoms with Crippen molar-refractivity contribution in [3.63, 3.8) is 0 Å². The molecule has 0 unspecified atom stereocenters. The Morgan fingerprint density at radius 1 is 1.52 bits per heavy atom. The molecule has 0 saturated heterocycles. The largest absolute Gasteiger partial charge is 0.360 e. The molecule has 0 atom stereocenters. The van der Waals surface area contributed by atoms with E-state index in [0.29, 0.717) is 12.3 Å². The number of hydrogen-bond donors (Lipinski definition) is 1. The molecule has 0 aromatic carbocycles. The molecule has 21 heavy (non-hydrogen) atoms. The molecule has 1 amide bonds. The number of aromatic nitrogens is 4. The summed E-state index contributed by atoms with van der Waals surface area (Å²) in [5.41, 5.74) is -0.198. The van der Waals surface area contributed by atoms with Crippen molar-refractivity contribution < 1.29 is 14.5 Å². The van der Waals surface area contributed by atoms with Gasteiger partial charge in [-0.15, -0.1) is 0 Å². The minimum Gasteiger partial charge on any atom is -0.360 e. The maximum atomic E-state index is 12.0. The van der Waals surface area contributed by atoms with Crippen LogP contribution in [-0.2, 0) is 18.5 Å². The maximum absolute atomic E-state index is 12.0. The number of ether oxygens (including phenoxy) is 1. The van der Waals surface area contributed by atoms with Crippen LogP contribution in [0.1, 0.15) is 17.4 Å². The number of hydrogen-bond acceptors (Lipinski definition) is 6. The van der Waals surface area contributed by atoms with E-state index in [2.05, 4.69) is 15.5 Å². The van der Waals surface area contributed by atoms with Gasteiger partial charge in [-0.2, -0.15) is 10.2 Å². The highest BCUT2D eigenvalue weighted by molar-refractivity contribution is 6.05. The molecule has 0 fully saturated rings. The van der Waals surface area contributed by atoms with Crippen LogP contribution >= 0.6 is 0 Å². The minimum atomic E-state index is -0.668. The van der Waals surface area contributed by atoms with Crippen molar-refractivity contribution in [3.05, 3.63) is 34.4 Å².